The predicted molar refractivity (Wildman–Crippen MR) is 150 cm³/mol. The molecule has 8 nitrogen and oxygen atoms in total. The van der Waals surface area contributed by atoms with Crippen LogP contribution in [0.5, 0.6) is 23.0 Å². The minimum atomic E-state index is -1.28. The van der Waals surface area contributed by atoms with Crippen molar-refractivity contribution in [3.8, 4) is 23.0 Å². The van der Waals surface area contributed by atoms with Gasteiger partial charge in [-0.25, -0.2) is 4.79 Å². The Morgan fingerprint density at radius 1 is 0.892 bits per heavy atom. The van der Waals surface area contributed by atoms with Gasteiger partial charge in [0, 0.05) is 41.1 Å². The van der Waals surface area contributed by atoms with Gasteiger partial charge in [-0.2, -0.15) is 0 Å². The van der Waals surface area contributed by atoms with Crippen LogP contribution in [0.3, 0.4) is 0 Å². The number of carbonyl (C=O) groups is 1. The highest BCUT2D eigenvalue weighted by Crippen LogP contribution is 2.57. The first-order valence-corrected chi connectivity index (χ1v) is 11.8. The van der Waals surface area contributed by atoms with Gasteiger partial charge >= 0.3 is 5.97 Å². The van der Waals surface area contributed by atoms with Crippen molar-refractivity contribution in [3.05, 3.63) is 76.9 Å². The number of benzene rings is 3. The number of esters is 1. The molecule has 2 aliphatic heterocycles. The van der Waals surface area contributed by atoms with Crippen LogP contribution in [-0.2, 0) is 10.3 Å². The van der Waals surface area contributed by atoms with Gasteiger partial charge in [0.25, 0.3) is 0 Å². The number of phenolic OH excluding ortho intramolecular Hbond substituents is 2. The third-order valence-electron chi connectivity index (χ3n) is 6.20. The fraction of sp³-hybridized carbons (Fsp3) is 0.231. The summed E-state index contributed by atoms with van der Waals surface area (Å²) < 4.78 is 12.0. The topological polar surface area (TPSA) is 126 Å². The highest BCUT2D eigenvalue weighted by Gasteiger charge is 2.53. The average Bonchev–Trinajstić information content (AvgIpc) is 3.11. The highest BCUT2D eigenvalue weighted by molar-refractivity contribution is 7.80. The van der Waals surface area contributed by atoms with E-state index in [1.165, 1.54) is 24.3 Å². The van der Waals surface area contributed by atoms with E-state index in [1.807, 2.05) is 12.1 Å². The smallest absolute Gasteiger partial charge is 0.340 e. The Kier molecular flexibility index (Phi) is 8.76. The van der Waals surface area contributed by atoms with E-state index < -0.39 is 11.6 Å². The van der Waals surface area contributed by atoms with Crippen molar-refractivity contribution in [1.29, 1.82) is 0 Å². The molecule has 0 bridgehead atoms. The maximum atomic E-state index is 13.2. The van der Waals surface area contributed by atoms with Crippen LogP contribution < -0.4 is 21.1 Å². The molecule has 1 spiro atoms. The van der Waals surface area contributed by atoms with Gasteiger partial charge in [0.1, 0.15) is 23.0 Å². The van der Waals surface area contributed by atoms with E-state index in [9.17, 15) is 15.0 Å². The van der Waals surface area contributed by atoms with Gasteiger partial charge in [0.05, 0.1) is 5.56 Å². The second kappa shape index (κ2) is 11.4. The normalized spacial score (nSPS) is 13.6. The average molecular weight is 564 g/mol. The number of fused-ring (bicyclic) bond motifs is 6. The first-order valence-electron chi connectivity index (χ1n) is 11.4. The van der Waals surface area contributed by atoms with Gasteiger partial charge in [0.15, 0.2) is 10.7 Å². The Labute approximate surface area is 232 Å². The number of nitrogens with one attached hydrogen (secondary N) is 2. The molecular formula is C26H27Cl2N3O5S. The molecule has 6 N–H and O–H groups in total. The van der Waals surface area contributed by atoms with Gasteiger partial charge in [-0.15, -0.1) is 24.8 Å². The Bertz CT molecular complexity index is 1290. The Balaban J connectivity index is 0.00000190. The second-order valence-electron chi connectivity index (χ2n) is 8.52. The third kappa shape index (κ3) is 5.13. The number of phenols is 2. The summed E-state index contributed by atoms with van der Waals surface area (Å²) in [5, 5.41) is 26.8. The van der Waals surface area contributed by atoms with Crippen molar-refractivity contribution in [1.82, 2.24) is 5.32 Å². The molecule has 2 heterocycles. The number of aromatic hydroxyl groups is 2. The summed E-state index contributed by atoms with van der Waals surface area (Å²) in [5.41, 5.74) is 7.08. The van der Waals surface area contributed by atoms with Crippen molar-refractivity contribution in [2.75, 3.05) is 18.4 Å². The number of hydrogen-bond acceptors (Lipinski definition) is 7. The van der Waals surface area contributed by atoms with E-state index in [0.29, 0.717) is 51.1 Å². The summed E-state index contributed by atoms with van der Waals surface area (Å²) in [5.74, 6) is 0.201. The van der Waals surface area contributed by atoms with Gasteiger partial charge in [-0.3, -0.25) is 0 Å². The quantitative estimate of drug-likeness (QED) is 0.161. The second-order valence-corrected chi connectivity index (χ2v) is 8.93. The Hall–Kier alpha value is -3.24. The maximum Gasteiger partial charge on any atom is 0.340 e. The van der Waals surface area contributed by atoms with Crippen LogP contribution in [0.4, 0.5) is 5.69 Å². The summed E-state index contributed by atoms with van der Waals surface area (Å²) in [4.78, 5) is 13.2. The van der Waals surface area contributed by atoms with Crippen molar-refractivity contribution in [3.63, 3.8) is 0 Å². The summed E-state index contributed by atoms with van der Waals surface area (Å²) in [6.45, 7) is 1.41. The summed E-state index contributed by atoms with van der Waals surface area (Å²) in [6.07, 6.45) is 2.97. The monoisotopic (exact) mass is 563 g/mol. The highest BCUT2D eigenvalue weighted by atomic mass is 35.5. The molecule has 3 aromatic rings. The summed E-state index contributed by atoms with van der Waals surface area (Å²) in [7, 11) is 0. The molecular weight excluding hydrogens is 537 g/mol. The molecule has 5 rings (SSSR count). The van der Waals surface area contributed by atoms with Crippen molar-refractivity contribution in [2.24, 2.45) is 5.73 Å². The molecule has 0 saturated heterocycles. The predicted octanol–water partition coefficient (Wildman–Crippen LogP) is 4.92. The number of ether oxygens (including phenoxy) is 2. The third-order valence-corrected chi connectivity index (χ3v) is 6.44. The number of halogens is 2. The van der Waals surface area contributed by atoms with Crippen molar-refractivity contribution >= 4 is 53.8 Å². The standard InChI is InChI=1S/C26H25N3O5S.2ClH/c27-10-2-1-3-11-28-25(35)29-15-4-7-19-18(12-15)24(32)34-26(19)20-8-5-16(30)13-22(20)33-23-14-17(31)6-9-21(23)26;;/h4-9,12-14,30-31H,1-3,10-11,27H2,(H2,28,29,35);2*1H. The van der Waals surface area contributed by atoms with Gasteiger partial charge in [-0.1, -0.05) is 12.5 Å². The van der Waals surface area contributed by atoms with Gasteiger partial charge in [-0.05, 0) is 68.0 Å². The SMILES string of the molecule is Cl.Cl.NCCCCCNC(=S)Nc1ccc2c(c1)C(=O)OC21c2ccc(O)cc2Oc2cc(O)ccc21. The summed E-state index contributed by atoms with van der Waals surface area (Å²) >= 11 is 5.39. The first-order chi connectivity index (χ1) is 16.9. The van der Waals surface area contributed by atoms with Crippen LogP contribution in [-0.4, -0.2) is 34.4 Å². The number of nitrogens with two attached hydrogens (primary N) is 1. The fourth-order valence-corrected chi connectivity index (χ4v) is 4.83. The molecule has 0 aliphatic carbocycles. The number of unbranched alkanes of at least 4 members (excludes halogenated alkanes) is 2. The van der Waals surface area contributed by atoms with E-state index >= 15 is 0 Å². The lowest BCUT2D eigenvalue weighted by atomic mass is 9.77. The van der Waals surface area contributed by atoms with Crippen LogP contribution in [0.15, 0.2) is 54.6 Å². The minimum absolute atomic E-state index is 0. The molecule has 0 saturated carbocycles. The van der Waals surface area contributed by atoms with E-state index in [1.54, 1.807) is 18.2 Å². The van der Waals surface area contributed by atoms with Crippen LogP contribution in [0.2, 0.25) is 0 Å². The molecule has 2 aliphatic rings. The number of thiocarbonyl (C=S) groups is 1. The number of anilines is 1. The molecule has 0 radical (unpaired) electrons. The van der Waals surface area contributed by atoms with Crippen LogP contribution in [0.1, 0.15) is 46.3 Å². The lowest BCUT2D eigenvalue weighted by Crippen LogP contribution is -2.33. The molecule has 11 heteroatoms. The lowest BCUT2D eigenvalue weighted by Gasteiger charge is -2.36. The largest absolute Gasteiger partial charge is 0.508 e. The Morgan fingerprint density at radius 3 is 2.14 bits per heavy atom. The molecule has 3 aromatic carbocycles. The van der Waals surface area contributed by atoms with Crippen LogP contribution in [0.25, 0.3) is 0 Å². The zero-order chi connectivity index (χ0) is 24.6. The molecule has 0 unspecified atom stereocenters. The molecule has 0 aromatic heterocycles. The Morgan fingerprint density at radius 2 is 1.51 bits per heavy atom. The first kappa shape index (κ1) is 28.3. The molecule has 0 amide bonds. The zero-order valence-electron chi connectivity index (χ0n) is 19.7. The molecule has 37 heavy (non-hydrogen) atoms. The number of rotatable bonds is 6. The van der Waals surface area contributed by atoms with E-state index in [4.69, 9.17) is 27.4 Å². The van der Waals surface area contributed by atoms with Gasteiger partial charge < -0.3 is 36.1 Å². The maximum absolute atomic E-state index is 13.2. The summed E-state index contributed by atoms with van der Waals surface area (Å²) in [6, 6.07) is 14.7. The van der Waals surface area contributed by atoms with E-state index in [2.05, 4.69) is 10.6 Å². The van der Waals surface area contributed by atoms with Crippen LogP contribution >= 0.6 is 37.0 Å². The van der Waals surface area contributed by atoms with E-state index in [-0.39, 0.29) is 36.3 Å². The van der Waals surface area contributed by atoms with Crippen molar-refractivity contribution < 1.29 is 24.5 Å². The molecule has 0 atom stereocenters. The van der Waals surface area contributed by atoms with Gasteiger partial charge in [0.2, 0.25) is 0 Å². The molecule has 196 valence electrons. The number of hydrogen-bond donors (Lipinski definition) is 5. The minimum Gasteiger partial charge on any atom is -0.508 e. The zero-order valence-corrected chi connectivity index (χ0v) is 22.1. The number of carbonyl (C=O) groups excluding carboxylic acids is 1. The van der Waals surface area contributed by atoms with Crippen LogP contribution in [0, 0.1) is 0 Å². The molecule has 0 fully saturated rings. The van der Waals surface area contributed by atoms with Crippen molar-refractivity contribution in [2.45, 2.75) is 24.9 Å². The van der Waals surface area contributed by atoms with E-state index in [0.717, 1.165) is 25.8 Å². The lowest BCUT2D eigenvalue weighted by molar-refractivity contribution is 0.0224. The fourth-order valence-electron chi connectivity index (χ4n) is 4.61.